The Labute approximate surface area is 198 Å². The van der Waals surface area contributed by atoms with Gasteiger partial charge in [-0.05, 0) is 72.8 Å². The first-order valence-electron chi connectivity index (χ1n) is 9.90. The Kier molecular flexibility index (Phi) is 6.57. The van der Waals surface area contributed by atoms with Crippen LogP contribution in [0.15, 0.2) is 63.9 Å². The molecule has 9 heteroatoms. The van der Waals surface area contributed by atoms with Crippen molar-refractivity contribution in [2.45, 2.75) is 6.92 Å². The minimum atomic E-state index is -1.00. The van der Waals surface area contributed by atoms with Gasteiger partial charge in [-0.25, -0.2) is 4.79 Å². The van der Waals surface area contributed by atoms with Gasteiger partial charge in [0.05, 0.1) is 17.0 Å². The molecule has 2 heterocycles. The summed E-state index contributed by atoms with van der Waals surface area (Å²) in [7, 11) is 0. The maximum atomic E-state index is 12.7. The number of imide groups is 1. The van der Waals surface area contributed by atoms with Gasteiger partial charge < -0.3 is 14.3 Å². The van der Waals surface area contributed by atoms with Crippen LogP contribution in [0.2, 0.25) is 5.02 Å². The molecule has 2 amide bonds. The normalized spacial score (nSPS) is 14.8. The molecule has 0 saturated carbocycles. The lowest BCUT2D eigenvalue weighted by molar-refractivity contribution is -0.123. The number of ether oxygens (including phenoxy) is 1. The van der Waals surface area contributed by atoms with Crippen molar-refractivity contribution in [2.75, 3.05) is 13.2 Å². The second kappa shape index (κ2) is 9.56. The van der Waals surface area contributed by atoms with Crippen LogP contribution in [-0.2, 0) is 4.79 Å². The number of hydrogen-bond donors (Lipinski definition) is 1. The lowest BCUT2D eigenvalue weighted by Crippen LogP contribution is -2.32. The monoisotopic (exact) mass is 483 g/mol. The smallest absolute Gasteiger partial charge is 0.335 e. The van der Waals surface area contributed by atoms with Crippen molar-refractivity contribution in [2.24, 2.45) is 0 Å². The third-order valence-corrected chi connectivity index (χ3v) is 6.07. The van der Waals surface area contributed by atoms with E-state index in [0.717, 1.165) is 27.8 Å². The highest BCUT2D eigenvalue weighted by Gasteiger charge is 2.35. The van der Waals surface area contributed by atoms with Crippen molar-refractivity contribution >= 4 is 46.6 Å². The second-order valence-corrected chi connectivity index (χ2v) is 8.60. The SMILES string of the molecule is Cc1cc(C(=O)O)ccc1-c1ccc(/C=C2\SC(=O)N(CCOc3ccc(Cl)cc3)C2=O)o1. The first-order valence-corrected chi connectivity index (χ1v) is 11.1. The summed E-state index contributed by atoms with van der Waals surface area (Å²) in [5.74, 6) is 0.126. The van der Waals surface area contributed by atoms with Crippen molar-refractivity contribution in [3.63, 3.8) is 0 Å². The number of carboxylic acid groups (broad SMARTS) is 1. The molecule has 0 radical (unpaired) electrons. The fourth-order valence-electron chi connectivity index (χ4n) is 3.26. The first-order chi connectivity index (χ1) is 15.8. The van der Waals surface area contributed by atoms with Crippen molar-refractivity contribution in [1.29, 1.82) is 0 Å². The minimum absolute atomic E-state index is 0.114. The number of aromatic carboxylic acids is 1. The molecule has 7 nitrogen and oxygen atoms in total. The summed E-state index contributed by atoms with van der Waals surface area (Å²) in [5.41, 5.74) is 1.68. The molecule has 0 bridgehead atoms. The van der Waals surface area contributed by atoms with Crippen LogP contribution in [0.3, 0.4) is 0 Å². The van der Waals surface area contributed by atoms with E-state index in [2.05, 4.69) is 0 Å². The predicted octanol–water partition coefficient (Wildman–Crippen LogP) is 5.72. The third kappa shape index (κ3) is 5.13. The molecule has 0 spiro atoms. The molecule has 1 fully saturated rings. The highest BCUT2D eigenvalue weighted by Crippen LogP contribution is 2.34. The number of rotatable bonds is 7. The number of hydrogen-bond acceptors (Lipinski definition) is 6. The molecule has 2 aromatic carbocycles. The van der Waals surface area contributed by atoms with Gasteiger partial charge in [0.15, 0.2) is 0 Å². The number of carboxylic acids is 1. The quantitative estimate of drug-likeness (QED) is 0.429. The van der Waals surface area contributed by atoms with E-state index < -0.39 is 11.9 Å². The summed E-state index contributed by atoms with van der Waals surface area (Å²) in [6.45, 7) is 2.06. The highest BCUT2D eigenvalue weighted by atomic mass is 35.5. The Morgan fingerprint density at radius 2 is 1.91 bits per heavy atom. The number of carbonyl (C=O) groups excluding carboxylic acids is 2. The number of nitrogens with zero attached hydrogens (tertiary/aromatic N) is 1. The van der Waals surface area contributed by atoms with Crippen molar-refractivity contribution in [1.82, 2.24) is 4.90 Å². The number of halogens is 1. The van der Waals surface area contributed by atoms with E-state index in [-0.39, 0.29) is 28.9 Å². The molecule has 1 N–H and O–H groups in total. The maximum Gasteiger partial charge on any atom is 0.335 e. The summed E-state index contributed by atoms with van der Waals surface area (Å²) in [5, 5.41) is 9.33. The van der Waals surface area contributed by atoms with Crippen molar-refractivity contribution in [3.05, 3.63) is 81.4 Å². The van der Waals surface area contributed by atoms with Gasteiger partial charge in [-0.2, -0.15) is 0 Å². The predicted molar refractivity (Wildman–Crippen MR) is 125 cm³/mol. The van der Waals surface area contributed by atoms with Crippen LogP contribution >= 0.6 is 23.4 Å². The molecular weight excluding hydrogens is 466 g/mol. The van der Waals surface area contributed by atoms with Crippen molar-refractivity contribution < 1.29 is 28.6 Å². The standard InChI is InChI=1S/C24H18ClNO6S/c1-14-12-15(23(28)29)2-8-19(14)20-9-7-18(32-20)13-21-22(27)26(24(30)33-21)10-11-31-17-5-3-16(25)4-6-17/h2-9,12-13H,10-11H2,1H3,(H,28,29)/b21-13-. The van der Waals surface area contributed by atoms with Gasteiger partial charge in [-0.15, -0.1) is 0 Å². The van der Waals surface area contributed by atoms with Crippen LogP contribution in [0, 0.1) is 6.92 Å². The van der Waals surface area contributed by atoms with Gasteiger partial charge in [0.2, 0.25) is 0 Å². The number of amides is 2. The zero-order valence-corrected chi connectivity index (χ0v) is 19.0. The van der Waals surface area contributed by atoms with Crippen molar-refractivity contribution in [3.8, 4) is 17.1 Å². The van der Waals surface area contributed by atoms with E-state index in [1.165, 1.54) is 12.1 Å². The van der Waals surface area contributed by atoms with E-state index in [1.54, 1.807) is 55.5 Å². The zero-order valence-electron chi connectivity index (χ0n) is 17.4. The van der Waals surface area contributed by atoms with Gasteiger partial charge in [0.25, 0.3) is 11.1 Å². The number of benzene rings is 2. The topological polar surface area (TPSA) is 97.0 Å². The van der Waals surface area contributed by atoms with E-state index >= 15 is 0 Å². The molecule has 33 heavy (non-hydrogen) atoms. The molecule has 4 rings (SSSR count). The molecule has 0 atom stereocenters. The summed E-state index contributed by atoms with van der Waals surface area (Å²) >= 11 is 6.68. The molecule has 1 saturated heterocycles. The van der Waals surface area contributed by atoms with Crippen LogP contribution in [0.25, 0.3) is 17.4 Å². The van der Waals surface area contributed by atoms with Crippen LogP contribution in [0.1, 0.15) is 21.7 Å². The number of thioether (sulfide) groups is 1. The van der Waals surface area contributed by atoms with Gasteiger partial charge in [0, 0.05) is 16.7 Å². The van der Waals surface area contributed by atoms with E-state index in [0.29, 0.717) is 22.3 Å². The number of carbonyl (C=O) groups is 3. The lowest BCUT2D eigenvalue weighted by Gasteiger charge is -2.13. The number of aryl methyl sites for hydroxylation is 1. The highest BCUT2D eigenvalue weighted by molar-refractivity contribution is 8.18. The van der Waals surface area contributed by atoms with E-state index in [9.17, 15) is 14.4 Å². The fourth-order valence-corrected chi connectivity index (χ4v) is 4.23. The summed E-state index contributed by atoms with van der Waals surface area (Å²) < 4.78 is 11.4. The van der Waals surface area contributed by atoms with E-state index in [1.807, 2.05) is 0 Å². The molecule has 0 aliphatic carbocycles. The Hall–Kier alpha value is -3.49. The molecule has 0 unspecified atom stereocenters. The lowest BCUT2D eigenvalue weighted by atomic mass is 10.0. The minimum Gasteiger partial charge on any atom is -0.492 e. The average Bonchev–Trinajstić information content (AvgIpc) is 3.34. The fraction of sp³-hybridized carbons (Fsp3) is 0.125. The third-order valence-electron chi connectivity index (χ3n) is 4.91. The second-order valence-electron chi connectivity index (χ2n) is 7.17. The summed E-state index contributed by atoms with van der Waals surface area (Å²) in [6, 6.07) is 15.0. The van der Waals surface area contributed by atoms with Crippen LogP contribution < -0.4 is 4.74 Å². The summed E-state index contributed by atoms with van der Waals surface area (Å²) in [6.07, 6.45) is 1.52. The van der Waals surface area contributed by atoms with Gasteiger partial charge in [-0.1, -0.05) is 17.7 Å². The first kappa shape index (κ1) is 22.7. The summed E-state index contributed by atoms with van der Waals surface area (Å²) in [4.78, 5) is 37.5. The Balaban J connectivity index is 1.43. The van der Waals surface area contributed by atoms with Gasteiger partial charge >= 0.3 is 5.97 Å². The Morgan fingerprint density at radius 3 is 2.61 bits per heavy atom. The van der Waals surface area contributed by atoms with E-state index in [4.69, 9.17) is 25.9 Å². The molecule has 1 aromatic heterocycles. The maximum absolute atomic E-state index is 12.7. The molecule has 168 valence electrons. The largest absolute Gasteiger partial charge is 0.492 e. The Morgan fingerprint density at radius 1 is 1.15 bits per heavy atom. The Bertz CT molecular complexity index is 1260. The molecule has 1 aliphatic rings. The molecular formula is C24H18ClNO6S. The number of furan rings is 1. The van der Waals surface area contributed by atoms with Crippen LogP contribution in [-0.4, -0.2) is 40.3 Å². The molecule has 1 aliphatic heterocycles. The van der Waals surface area contributed by atoms with Crippen LogP contribution in [0.4, 0.5) is 4.79 Å². The van der Waals surface area contributed by atoms with Gasteiger partial charge in [-0.3, -0.25) is 14.5 Å². The average molecular weight is 484 g/mol. The van der Waals surface area contributed by atoms with Crippen LogP contribution in [0.5, 0.6) is 5.75 Å². The zero-order chi connectivity index (χ0) is 23.5. The molecule has 3 aromatic rings. The van der Waals surface area contributed by atoms with Gasteiger partial charge in [0.1, 0.15) is 23.9 Å².